The van der Waals surface area contributed by atoms with Gasteiger partial charge in [-0.15, -0.1) is 11.3 Å². The average molecular weight is 814 g/mol. The van der Waals surface area contributed by atoms with Gasteiger partial charge in [0.25, 0.3) is 0 Å². The van der Waals surface area contributed by atoms with E-state index < -0.39 is 23.6 Å². The topological polar surface area (TPSA) is 140 Å². The van der Waals surface area contributed by atoms with Gasteiger partial charge in [0.1, 0.15) is 12.1 Å². The van der Waals surface area contributed by atoms with Crippen LogP contribution >= 0.6 is 11.3 Å². The van der Waals surface area contributed by atoms with Gasteiger partial charge in [-0.05, 0) is 68.8 Å². The fourth-order valence-corrected chi connectivity index (χ4v) is 9.07. The lowest BCUT2D eigenvalue weighted by Crippen LogP contribution is -2.65. The Labute approximate surface area is 347 Å². The molecule has 7 rings (SSSR count). The number of likely N-dealkylation sites (tertiary alicyclic amines) is 2. The van der Waals surface area contributed by atoms with Crippen LogP contribution in [0.3, 0.4) is 0 Å². The third kappa shape index (κ3) is 9.14. The van der Waals surface area contributed by atoms with E-state index in [1.807, 2.05) is 57.5 Å². The van der Waals surface area contributed by atoms with Gasteiger partial charge in [0.05, 0.1) is 39.9 Å². The van der Waals surface area contributed by atoms with Crippen LogP contribution in [0.15, 0.2) is 54.0 Å². The molecular weight excluding hydrogens is 753 g/mol. The number of aryl methyl sites for hydroxylation is 1. The highest BCUT2D eigenvalue weighted by atomic mass is 32.1. The van der Waals surface area contributed by atoms with Crippen molar-refractivity contribution in [1.29, 1.82) is 0 Å². The minimum atomic E-state index is -0.862. The lowest BCUT2D eigenvalue weighted by molar-refractivity contribution is -0.144. The summed E-state index contributed by atoms with van der Waals surface area (Å²) in [5.41, 5.74) is 5.65. The maximum atomic E-state index is 14.1. The lowest BCUT2D eigenvalue weighted by atomic mass is 9.79. The minimum Gasteiger partial charge on any atom is -0.399 e. The van der Waals surface area contributed by atoms with E-state index in [0.29, 0.717) is 12.6 Å². The first-order valence-electron chi connectivity index (χ1n) is 20.6. The second kappa shape index (κ2) is 16.7. The molecule has 0 unspecified atom stereocenters. The molecule has 15 heteroatoms. The Bertz CT molecular complexity index is 1920. The molecule has 5 heterocycles. The maximum Gasteiger partial charge on any atom is 0.494 e. The third-order valence-electron chi connectivity index (χ3n) is 12.6. The van der Waals surface area contributed by atoms with E-state index in [-0.39, 0.29) is 55.6 Å². The number of carbonyl (C=O) groups is 3. The summed E-state index contributed by atoms with van der Waals surface area (Å²) < 4.78 is 12.5. The number of amides is 3. The quantitative estimate of drug-likeness (QED) is 0.248. The number of anilines is 1. The molecule has 3 amide bonds. The van der Waals surface area contributed by atoms with E-state index in [1.54, 1.807) is 11.3 Å². The predicted octanol–water partition coefficient (Wildman–Crippen LogP) is 3.03. The summed E-state index contributed by atoms with van der Waals surface area (Å²) >= 11 is 1.59. The zero-order valence-electron chi connectivity index (χ0n) is 35.3. The van der Waals surface area contributed by atoms with Crippen molar-refractivity contribution in [3.63, 3.8) is 0 Å². The van der Waals surface area contributed by atoms with Crippen LogP contribution in [-0.4, -0.2) is 137 Å². The van der Waals surface area contributed by atoms with Gasteiger partial charge in [-0.1, -0.05) is 57.2 Å². The molecule has 4 fully saturated rings. The Kier molecular flexibility index (Phi) is 12.1. The van der Waals surface area contributed by atoms with Gasteiger partial charge in [-0.2, -0.15) is 0 Å². The smallest absolute Gasteiger partial charge is 0.399 e. The standard InChI is InChI=1S/C43H60BN7O6S/c1-28-37(58-27-46-28)30-11-9-29(10-12-30)22-45-39(54)35-21-34(52)25-51(35)40(55)38(41(2,3)4)47-36(53)26-48-23-33(24-48)50-19-17-49(18-20-50)32-15-13-31(14-16-32)44-56-42(5,6)43(7,8)57-44/h9-16,27,33-35,38,52H,17-26H2,1-8H3,(H,45,54)(H,47,53)/t34-,35+,38-/m1/s1. The highest BCUT2D eigenvalue weighted by Gasteiger charge is 2.52. The number of nitrogens with one attached hydrogen (secondary N) is 2. The highest BCUT2D eigenvalue weighted by Crippen LogP contribution is 2.37. The number of hydrogen-bond donors (Lipinski definition) is 3. The normalized spacial score (nSPS) is 23.2. The summed E-state index contributed by atoms with van der Waals surface area (Å²) in [4.78, 5) is 54.9. The molecule has 3 atom stereocenters. The number of aliphatic hydroxyl groups is 1. The molecule has 312 valence electrons. The van der Waals surface area contributed by atoms with Gasteiger partial charge in [0.2, 0.25) is 17.7 Å². The van der Waals surface area contributed by atoms with Crippen LogP contribution < -0.4 is 21.0 Å². The SMILES string of the molecule is Cc1ncsc1-c1ccc(CNC(=O)[C@@H]2C[C@@H](O)CN2C(=O)[C@@H](NC(=O)CN2CC(N3CCN(c4ccc(B5OC(C)(C)C(C)(C)O5)cc4)CC3)C2)C(C)(C)C)cc1. The molecule has 4 aliphatic rings. The Morgan fingerprint density at radius 1 is 0.948 bits per heavy atom. The molecule has 0 radical (unpaired) electrons. The molecule has 58 heavy (non-hydrogen) atoms. The molecule has 2 aromatic carbocycles. The summed E-state index contributed by atoms with van der Waals surface area (Å²) in [6, 6.07) is 15.2. The first-order chi connectivity index (χ1) is 27.4. The number of benzene rings is 2. The first kappa shape index (κ1) is 42.3. The third-order valence-corrected chi connectivity index (χ3v) is 13.6. The van der Waals surface area contributed by atoms with Gasteiger partial charge >= 0.3 is 7.12 Å². The highest BCUT2D eigenvalue weighted by molar-refractivity contribution is 7.13. The van der Waals surface area contributed by atoms with Gasteiger partial charge in [-0.3, -0.25) is 24.2 Å². The van der Waals surface area contributed by atoms with E-state index in [4.69, 9.17) is 9.31 Å². The molecule has 0 aliphatic carbocycles. The number of hydrogen-bond acceptors (Lipinski definition) is 11. The zero-order valence-corrected chi connectivity index (χ0v) is 36.1. The van der Waals surface area contributed by atoms with E-state index in [2.05, 4.69) is 82.3 Å². The predicted molar refractivity (Wildman–Crippen MR) is 228 cm³/mol. The largest absolute Gasteiger partial charge is 0.494 e. The summed E-state index contributed by atoms with van der Waals surface area (Å²) in [5.74, 6) is -0.906. The molecule has 0 saturated carbocycles. The molecular formula is C43H60BN7O6S. The number of aromatic nitrogens is 1. The van der Waals surface area contributed by atoms with Crippen LogP contribution in [0.2, 0.25) is 0 Å². The van der Waals surface area contributed by atoms with Gasteiger partial charge in [0.15, 0.2) is 0 Å². The van der Waals surface area contributed by atoms with Crippen molar-refractivity contribution in [3.05, 3.63) is 65.3 Å². The van der Waals surface area contributed by atoms with Crippen molar-refractivity contribution in [2.24, 2.45) is 5.41 Å². The minimum absolute atomic E-state index is 0.0377. The Balaban J connectivity index is 0.862. The van der Waals surface area contributed by atoms with Crippen LogP contribution in [-0.2, 0) is 30.2 Å². The monoisotopic (exact) mass is 813 g/mol. The van der Waals surface area contributed by atoms with Crippen molar-refractivity contribution in [2.45, 2.75) is 104 Å². The van der Waals surface area contributed by atoms with Gasteiger partial charge in [-0.25, -0.2) is 4.98 Å². The second-order valence-corrected chi connectivity index (χ2v) is 19.3. The Morgan fingerprint density at radius 2 is 1.59 bits per heavy atom. The number of nitrogens with zero attached hydrogens (tertiary/aromatic N) is 5. The summed E-state index contributed by atoms with van der Waals surface area (Å²) in [6.45, 7) is 21.8. The lowest BCUT2D eigenvalue weighted by Gasteiger charge is -2.48. The summed E-state index contributed by atoms with van der Waals surface area (Å²) in [5, 5.41) is 16.6. The van der Waals surface area contributed by atoms with Crippen LogP contribution in [0.25, 0.3) is 10.4 Å². The molecule has 0 bridgehead atoms. The van der Waals surface area contributed by atoms with Crippen molar-refractivity contribution in [3.8, 4) is 10.4 Å². The van der Waals surface area contributed by atoms with Crippen LogP contribution in [0, 0.1) is 12.3 Å². The zero-order chi connectivity index (χ0) is 41.6. The number of piperazine rings is 1. The number of thiazole rings is 1. The molecule has 0 spiro atoms. The number of rotatable bonds is 11. The molecule has 3 N–H and O–H groups in total. The fourth-order valence-electron chi connectivity index (χ4n) is 8.26. The fraction of sp³-hybridized carbons (Fsp3) is 0.581. The van der Waals surface area contributed by atoms with Crippen molar-refractivity contribution < 1.29 is 28.8 Å². The van der Waals surface area contributed by atoms with Crippen LogP contribution in [0.1, 0.15) is 66.1 Å². The molecule has 13 nitrogen and oxygen atoms in total. The van der Waals surface area contributed by atoms with Crippen molar-refractivity contribution >= 4 is 47.3 Å². The first-order valence-corrected chi connectivity index (χ1v) is 21.5. The maximum absolute atomic E-state index is 14.1. The summed E-state index contributed by atoms with van der Waals surface area (Å²) in [6.07, 6.45) is -0.685. The van der Waals surface area contributed by atoms with Crippen molar-refractivity contribution in [1.82, 2.24) is 30.3 Å². The molecule has 3 aromatic rings. The van der Waals surface area contributed by atoms with Crippen molar-refractivity contribution in [2.75, 3.05) is 57.3 Å². The number of aliphatic hydroxyl groups excluding tert-OH is 1. The van der Waals surface area contributed by atoms with E-state index in [0.717, 1.165) is 66.4 Å². The summed E-state index contributed by atoms with van der Waals surface area (Å²) in [7, 11) is -0.371. The van der Waals surface area contributed by atoms with E-state index in [9.17, 15) is 19.5 Å². The number of β-amino-alcohol motifs (C(OH)–C–C–N with tert-alkyl or cyclic N) is 1. The Hall–Kier alpha value is -3.86. The molecule has 4 aliphatic heterocycles. The van der Waals surface area contributed by atoms with Crippen LogP contribution in [0.4, 0.5) is 5.69 Å². The van der Waals surface area contributed by atoms with E-state index >= 15 is 0 Å². The molecule has 4 saturated heterocycles. The van der Waals surface area contributed by atoms with Crippen LogP contribution in [0.5, 0.6) is 0 Å². The second-order valence-electron chi connectivity index (χ2n) is 18.5. The average Bonchev–Trinajstić information content (AvgIpc) is 3.84. The van der Waals surface area contributed by atoms with Gasteiger partial charge < -0.3 is 34.8 Å². The van der Waals surface area contributed by atoms with Gasteiger partial charge in [0, 0.05) is 70.5 Å². The molecule has 1 aromatic heterocycles. The number of carbonyl (C=O) groups excluding carboxylic acids is 3. The Morgan fingerprint density at radius 3 is 2.17 bits per heavy atom. The van der Waals surface area contributed by atoms with E-state index in [1.165, 1.54) is 10.6 Å².